The maximum Gasteiger partial charge on any atom is 0.250 e. The van der Waals surface area contributed by atoms with Gasteiger partial charge in [0.15, 0.2) is 0 Å². The largest absolute Gasteiger partial charge is 0.387 e. The predicted octanol–water partition coefficient (Wildman–Crippen LogP) is 3.69. The number of anilines is 1. The lowest BCUT2D eigenvalue weighted by molar-refractivity contribution is -0.143. The van der Waals surface area contributed by atoms with E-state index in [1.54, 1.807) is 42.5 Å². The first-order valence-electron chi connectivity index (χ1n) is 12.0. The average Bonchev–Trinajstić information content (AvgIpc) is 3.48. The highest BCUT2D eigenvalue weighted by Gasteiger charge is 2.71. The molecular weight excluding hydrogens is 513 g/mol. The van der Waals surface area contributed by atoms with Crippen LogP contribution in [-0.2, 0) is 26.3 Å². The number of likely N-dealkylation sites (tertiary alicyclic amines) is 1. The quantitative estimate of drug-likeness (QED) is 0.433. The summed E-state index contributed by atoms with van der Waals surface area (Å²) < 4.78 is 0. The Kier molecular flexibility index (Phi) is 5.84. The topological polar surface area (TPSA) is 98.7 Å². The zero-order chi connectivity index (χ0) is 25.9. The van der Waals surface area contributed by atoms with Gasteiger partial charge in [0, 0.05) is 27.8 Å². The van der Waals surface area contributed by atoms with Crippen LogP contribution in [0.1, 0.15) is 22.8 Å². The van der Waals surface area contributed by atoms with Gasteiger partial charge in [-0.2, -0.15) is 0 Å². The summed E-state index contributed by atoms with van der Waals surface area (Å²) in [7, 11) is 0. The fourth-order valence-electron chi connectivity index (χ4n) is 6.01. The molecule has 9 heteroatoms. The Bertz CT molecular complexity index is 1410. The van der Waals surface area contributed by atoms with Crippen molar-refractivity contribution in [1.82, 2.24) is 10.2 Å². The molecule has 0 radical (unpaired) electrons. The molecule has 0 aromatic heterocycles. The smallest absolute Gasteiger partial charge is 0.250 e. The molecular formula is C28H23Cl2N3O4. The molecule has 0 aliphatic carbocycles. The number of hydrogen-bond donors (Lipinski definition) is 3. The Hall–Kier alpha value is -3.23. The summed E-state index contributed by atoms with van der Waals surface area (Å²) in [6.45, 7) is 0.179. The zero-order valence-corrected chi connectivity index (χ0v) is 21.0. The van der Waals surface area contributed by atoms with Crippen molar-refractivity contribution in [3.05, 3.63) is 99.5 Å². The number of amides is 3. The number of hydrogen-bond acceptors (Lipinski definition) is 5. The van der Waals surface area contributed by atoms with Gasteiger partial charge in [-0.25, -0.2) is 0 Å². The highest BCUT2D eigenvalue weighted by molar-refractivity contribution is 6.31. The van der Waals surface area contributed by atoms with Crippen molar-refractivity contribution in [2.45, 2.75) is 24.1 Å². The van der Waals surface area contributed by atoms with Crippen LogP contribution in [0.15, 0.2) is 72.8 Å². The van der Waals surface area contributed by atoms with Crippen LogP contribution in [0.2, 0.25) is 10.0 Å². The monoisotopic (exact) mass is 535 g/mol. The Balaban J connectivity index is 1.43. The van der Waals surface area contributed by atoms with Crippen molar-refractivity contribution in [2.75, 3.05) is 11.9 Å². The number of aliphatic hydroxyl groups is 1. The van der Waals surface area contributed by atoms with E-state index in [-0.39, 0.29) is 6.54 Å². The van der Waals surface area contributed by atoms with Crippen molar-refractivity contribution < 1.29 is 19.5 Å². The predicted molar refractivity (Wildman–Crippen MR) is 139 cm³/mol. The van der Waals surface area contributed by atoms with Crippen LogP contribution in [0.3, 0.4) is 0 Å². The van der Waals surface area contributed by atoms with E-state index in [0.717, 1.165) is 5.56 Å². The molecule has 3 aromatic rings. The van der Waals surface area contributed by atoms with E-state index < -0.39 is 47.2 Å². The van der Waals surface area contributed by atoms with Crippen molar-refractivity contribution in [3.8, 4) is 0 Å². The molecule has 3 N–H and O–H groups in total. The lowest BCUT2D eigenvalue weighted by Gasteiger charge is -2.30. The number of nitrogens with zero attached hydrogens (tertiary/aromatic N) is 1. The van der Waals surface area contributed by atoms with Gasteiger partial charge in [0.05, 0.1) is 24.0 Å². The molecule has 3 heterocycles. The van der Waals surface area contributed by atoms with Gasteiger partial charge in [0.25, 0.3) is 0 Å². The molecule has 3 aliphatic heterocycles. The Labute approximate surface area is 223 Å². The van der Waals surface area contributed by atoms with E-state index in [1.807, 2.05) is 30.3 Å². The Morgan fingerprint density at radius 2 is 1.62 bits per heavy atom. The molecule has 5 atom stereocenters. The Morgan fingerprint density at radius 1 is 0.919 bits per heavy atom. The van der Waals surface area contributed by atoms with Crippen LogP contribution in [0.4, 0.5) is 5.69 Å². The number of carbonyl (C=O) groups is 3. The second-order valence-corrected chi connectivity index (χ2v) is 10.6. The molecule has 6 rings (SSSR count). The van der Waals surface area contributed by atoms with Gasteiger partial charge in [-0.05, 0) is 47.9 Å². The van der Waals surface area contributed by atoms with E-state index in [1.165, 1.54) is 4.90 Å². The van der Waals surface area contributed by atoms with Crippen LogP contribution in [0.25, 0.3) is 0 Å². The van der Waals surface area contributed by atoms with Crippen molar-refractivity contribution in [2.24, 2.45) is 11.8 Å². The van der Waals surface area contributed by atoms with Gasteiger partial charge >= 0.3 is 0 Å². The second-order valence-electron chi connectivity index (χ2n) is 9.69. The molecule has 7 nitrogen and oxygen atoms in total. The van der Waals surface area contributed by atoms with Crippen LogP contribution in [0.5, 0.6) is 0 Å². The number of carbonyl (C=O) groups excluding carboxylic acids is 3. The number of fused-ring (bicyclic) bond motifs is 4. The second kappa shape index (κ2) is 8.96. The summed E-state index contributed by atoms with van der Waals surface area (Å²) in [5.41, 5.74) is 0.978. The summed E-state index contributed by atoms with van der Waals surface area (Å²) in [6.07, 6.45) is -0.692. The van der Waals surface area contributed by atoms with Crippen LogP contribution in [-0.4, -0.2) is 40.3 Å². The minimum Gasteiger partial charge on any atom is -0.387 e. The SMILES string of the molecule is O=C1[C@@H]2[C@H]([C@H](O)c3ccc(Cl)cc3)N[C@@]3(C(=O)Nc4ccc(Cl)cc43)[C@H]2C(=O)N1CCc1ccccc1. The molecule has 3 aliphatic rings. The number of benzene rings is 3. The summed E-state index contributed by atoms with van der Waals surface area (Å²) in [4.78, 5) is 42.6. The molecule has 188 valence electrons. The van der Waals surface area contributed by atoms with Crippen molar-refractivity contribution in [3.63, 3.8) is 0 Å². The number of halogens is 2. The third-order valence-electron chi connectivity index (χ3n) is 7.72. The van der Waals surface area contributed by atoms with Crippen molar-refractivity contribution in [1.29, 1.82) is 0 Å². The number of nitrogens with one attached hydrogen (secondary N) is 2. The third kappa shape index (κ3) is 3.68. The summed E-state index contributed by atoms with van der Waals surface area (Å²) in [5, 5.41) is 18.4. The molecule has 3 amide bonds. The highest BCUT2D eigenvalue weighted by Crippen LogP contribution is 2.55. The van der Waals surface area contributed by atoms with E-state index in [4.69, 9.17) is 23.2 Å². The zero-order valence-electron chi connectivity index (χ0n) is 19.5. The van der Waals surface area contributed by atoms with Crippen LogP contribution < -0.4 is 10.6 Å². The Morgan fingerprint density at radius 3 is 2.35 bits per heavy atom. The van der Waals surface area contributed by atoms with Gasteiger partial charge in [-0.1, -0.05) is 65.7 Å². The molecule has 0 unspecified atom stereocenters. The standard InChI is InChI=1S/C28H23Cl2N3O4/c29-17-8-6-16(7-9-17)24(34)23-21-22(26(36)33(25(21)35)13-12-15-4-2-1-3-5-15)28(32-23)19-14-18(30)10-11-20(19)31-27(28)37/h1-11,14,21-24,32,34H,12-13H2,(H,31,37)/t21-,22+,23+,24+,28+/m0/s1. The molecule has 2 saturated heterocycles. The van der Waals surface area contributed by atoms with E-state index in [2.05, 4.69) is 10.6 Å². The summed E-state index contributed by atoms with van der Waals surface area (Å²) in [5.74, 6) is -3.28. The summed E-state index contributed by atoms with van der Waals surface area (Å²) >= 11 is 12.3. The first kappa shape index (κ1) is 24.1. The van der Waals surface area contributed by atoms with Gasteiger partial charge in [-0.3, -0.25) is 24.6 Å². The van der Waals surface area contributed by atoms with Gasteiger partial charge < -0.3 is 10.4 Å². The van der Waals surface area contributed by atoms with E-state index >= 15 is 0 Å². The average molecular weight is 536 g/mol. The number of aliphatic hydroxyl groups excluding tert-OH is 1. The number of imide groups is 1. The molecule has 3 aromatic carbocycles. The third-order valence-corrected chi connectivity index (χ3v) is 8.21. The first-order chi connectivity index (χ1) is 17.8. The van der Waals surface area contributed by atoms with Crippen molar-refractivity contribution >= 4 is 46.6 Å². The van der Waals surface area contributed by atoms with Crippen LogP contribution in [0, 0.1) is 11.8 Å². The molecule has 0 bridgehead atoms. The molecule has 0 saturated carbocycles. The summed E-state index contributed by atoms with van der Waals surface area (Å²) in [6, 6.07) is 20.3. The van der Waals surface area contributed by atoms with Crippen LogP contribution >= 0.6 is 23.2 Å². The minimum absolute atomic E-state index is 0.179. The minimum atomic E-state index is -1.54. The molecule has 2 fully saturated rings. The fourth-order valence-corrected chi connectivity index (χ4v) is 6.30. The maximum atomic E-state index is 13.9. The first-order valence-corrected chi connectivity index (χ1v) is 12.8. The molecule has 37 heavy (non-hydrogen) atoms. The van der Waals surface area contributed by atoms with E-state index in [9.17, 15) is 19.5 Å². The van der Waals surface area contributed by atoms with Gasteiger partial charge in [0.2, 0.25) is 17.7 Å². The van der Waals surface area contributed by atoms with E-state index in [0.29, 0.717) is 33.3 Å². The van der Waals surface area contributed by atoms with Gasteiger partial charge in [-0.15, -0.1) is 0 Å². The number of rotatable bonds is 5. The van der Waals surface area contributed by atoms with Gasteiger partial charge in [0.1, 0.15) is 5.54 Å². The lowest BCUT2D eigenvalue weighted by atomic mass is 9.76. The molecule has 1 spiro atoms. The fraction of sp³-hybridized carbons (Fsp3) is 0.250. The highest BCUT2D eigenvalue weighted by atomic mass is 35.5. The maximum absolute atomic E-state index is 13.9. The normalized spacial score (nSPS) is 26.9. The lowest BCUT2D eigenvalue weighted by Crippen LogP contribution is -2.54.